The topological polar surface area (TPSA) is 50.9 Å². The molecule has 0 aliphatic heterocycles. The van der Waals surface area contributed by atoms with Crippen molar-refractivity contribution in [1.82, 2.24) is 14.8 Å². The van der Waals surface area contributed by atoms with Crippen molar-refractivity contribution in [3.05, 3.63) is 12.7 Å². The second-order valence-electron chi connectivity index (χ2n) is 2.24. The van der Waals surface area contributed by atoms with Crippen LogP contribution in [0.1, 0.15) is 19.4 Å². The van der Waals surface area contributed by atoms with Crippen LogP contribution in [-0.4, -0.2) is 26.5 Å². The molecular weight excluding hydrogens is 130 g/mol. The van der Waals surface area contributed by atoms with E-state index in [4.69, 9.17) is 5.11 Å². The Bertz CT molecular complexity index is 173. The van der Waals surface area contributed by atoms with Gasteiger partial charge < -0.3 is 5.11 Å². The Labute approximate surface area is 59.5 Å². The molecule has 10 heavy (non-hydrogen) atoms. The summed E-state index contributed by atoms with van der Waals surface area (Å²) in [7, 11) is 0. The fourth-order valence-corrected chi connectivity index (χ4v) is 0.764. The molecule has 1 heterocycles. The van der Waals surface area contributed by atoms with E-state index in [1.807, 2.05) is 6.92 Å². The van der Waals surface area contributed by atoms with Crippen molar-refractivity contribution in [2.24, 2.45) is 0 Å². The van der Waals surface area contributed by atoms with Crippen LogP contribution in [0.25, 0.3) is 0 Å². The first-order valence-electron chi connectivity index (χ1n) is 3.29. The smallest absolute Gasteiger partial charge is 0.137 e. The highest BCUT2D eigenvalue weighted by molar-refractivity contribution is 4.63. The second kappa shape index (κ2) is 3.31. The Morgan fingerprint density at radius 2 is 2.50 bits per heavy atom. The van der Waals surface area contributed by atoms with Crippen molar-refractivity contribution in [1.29, 1.82) is 0 Å². The molecule has 4 nitrogen and oxygen atoms in total. The first kappa shape index (κ1) is 7.21. The van der Waals surface area contributed by atoms with Gasteiger partial charge in [0.1, 0.15) is 12.7 Å². The monoisotopic (exact) mass is 141 g/mol. The number of aliphatic hydroxyl groups is 1. The van der Waals surface area contributed by atoms with Crippen LogP contribution in [-0.2, 0) is 0 Å². The summed E-state index contributed by atoms with van der Waals surface area (Å²) in [5, 5.41) is 12.5. The lowest BCUT2D eigenvalue weighted by Crippen LogP contribution is -2.06. The lowest BCUT2D eigenvalue weighted by atomic mass is 10.2. The van der Waals surface area contributed by atoms with Gasteiger partial charge in [-0.05, 0) is 13.3 Å². The summed E-state index contributed by atoms with van der Waals surface area (Å²) in [4.78, 5) is 3.80. The number of nitrogens with zero attached hydrogens (tertiary/aromatic N) is 3. The highest BCUT2D eigenvalue weighted by atomic mass is 16.3. The normalized spacial score (nSPS) is 13.4. The molecule has 1 aromatic heterocycles. The first-order chi connectivity index (χ1) is 4.84. The summed E-state index contributed by atoms with van der Waals surface area (Å²) in [5.41, 5.74) is 0. The van der Waals surface area contributed by atoms with E-state index in [2.05, 4.69) is 10.1 Å². The van der Waals surface area contributed by atoms with Crippen LogP contribution < -0.4 is 0 Å². The molecule has 0 spiro atoms. The number of hydrogen-bond donors (Lipinski definition) is 1. The fourth-order valence-electron chi connectivity index (χ4n) is 0.764. The van der Waals surface area contributed by atoms with Crippen LogP contribution in [0.3, 0.4) is 0 Å². The van der Waals surface area contributed by atoms with Crippen LogP contribution in [0.4, 0.5) is 0 Å². The molecule has 1 atom stereocenters. The minimum absolute atomic E-state index is 0.195. The number of rotatable bonds is 3. The van der Waals surface area contributed by atoms with Gasteiger partial charge in [0.15, 0.2) is 0 Å². The molecular formula is C6H11N3O. The van der Waals surface area contributed by atoms with Crippen LogP contribution in [0.2, 0.25) is 0 Å². The number of aromatic nitrogens is 3. The summed E-state index contributed by atoms with van der Waals surface area (Å²) in [6.45, 7) is 2.19. The van der Waals surface area contributed by atoms with Gasteiger partial charge in [0.2, 0.25) is 0 Å². The Hall–Kier alpha value is -0.900. The van der Waals surface area contributed by atoms with Gasteiger partial charge >= 0.3 is 0 Å². The van der Waals surface area contributed by atoms with Crippen molar-refractivity contribution >= 4 is 0 Å². The maximum atomic E-state index is 8.57. The van der Waals surface area contributed by atoms with Crippen LogP contribution >= 0.6 is 0 Å². The van der Waals surface area contributed by atoms with E-state index < -0.39 is 0 Å². The van der Waals surface area contributed by atoms with E-state index in [0.29, 0.717) is 0 Å². The molecule has 1 rings (SSSR count). The quantitative estimate of drug-likeness (QED) is 0.655. The summed E-state index contributed by atoms with van der Waals surface area (Å²) < 4.78 is 1.73. The fraction of sp³-hybridized carbons (Fsp3) is 0.667. The van der Waals surface area contributed by atoms with E-state index >= 15 is 0 Å². The maximum Gasteiger partial charge on any atom is 0.137 e. The highest BCUT2D eigenvalue weighted by Crippen LogP contribution is 2.05. The molecule has 1 aromatic rings. The molecule has 4 heteroatoms. The predicted octanol–water partition coefficient (Wildman–Crippen LogP) is 0.222. The zero-order valence-corrected chi connectivity index (χ0v) is 5.94. The summed E-state index contributed by atoms with van der Waals surface area (Å²) in [5.74, 6) is 0. The molecule has 56 valence electrons. The molecule has 0 saturated heterocycles. The van der Waals surface area contributed by atoms with Gasteiger partial charge in [-0.1, -0.05) is 0 Å². The summed E-state index contributed by atoms with van der Waals surface area (Å²) in [6.07, 6.45) is 3.87. The Morgan fingerprint density at radius 3 is 3.00 bits per heavy atom. The van der Waals surface area contributed by atoms with Gasteiger partial charge in [-0.2, -0.15) is 5.10 Å². The van der Waals surface area contributed by atoms with E-state index in [0.717, 1.165) is 6.42 Å². The van der Waals surface area contributed by atoms with Gasteiger partial charge in [-0.25, -0.2) is 4.98 Å². The van der Waals surface area contributed by atoms with Crippen LogP contribution in [0.15, 0.2) is 12.7 Å². The van der Waals surface area contributed by atoms with Crippen molar-refractivity contribution in [3.8, 4) is 0 Å². The van der Waals surface area contributed by atoms with Crippen LogP contribution in [0, 0.1) is 0 Å². The molecule has 0 radical (unpaired) electrons. The Kier molecular flexibility index (Phi) is 2.39. The molecule has 0 unspecified atom stereocenters. The average molecular weight is 141 g/mol. The molecule has 0 aromatic carbocycles. The SMILES string of the molecule is C[C@@H](CCO)n1cncn1. The minimum Gasteiger partial charge on any atom is -0.396 e. The summed E-state index contributed by atoms with van der Waals surface area (Å²) in [6, 6.07) is 0.243. The zero-order valence-electron chi connectivity index (χ0n) is 5.94. The second-order valence-corrected chi connectivity index (χ2v) is 2.24. The number of aliphatic hydroxyl groups excluding tert-OH is 1. The molecule has 0 aliphatic carbocycles. The summed E-state index contributed by atoms with van der Waals surface area (Å²) >= 11 is 0. The lowest BCUT2D eigenvalue weighted by Gasteiger charge is -2.07. The van der Waals surface area contributed by atoms with Crippen LogP contribution in [0.5, 0.6) is 0 Å². The third-order valence-electron chi connectivity index (χ3n) is 1.44. The van der Waals surface area contributed by atoms with E-state index in [1.54, 1.807) is 11.0 Å². The molecule has 1 N–H and O–H groups in total. The molecule has 0 fully saturated rings. The van der Waals surface area contributed by atoms with Gasteiger partial charge in [0, 0.05) is 6.61 Å². The minimum atomic E-state index is 0.195. The third kappa shape index (κ3) is 1.54. The largest absolute Gasteiger partial charge is 0.396 e. The van der Waals surface area contributed by atoms with E-state index in [1.165, 1.54) is 6.33 Å². The van der Waals surface area contributed by atoms with Gasteiger partial charge in [-0.15, -0.1) is 0 Å². The highest BCUT2D eigenvalue weighted by Gasteiger charge is 2.01. The van der Waals surface area contributed by atoms with E-state index in [-0.39, 0.29) is 12.6 Å². The predicted molar refractivity (Wildman–Crippen MR) is 36.4 cm³/mol. The van der Waals surface area contributed by atoms with Crippen molar-refractivity contribution in [2.45, 2.75) is 19.4 Å². The average Bonchev–Trinajstić information content (AvgIpc) is 2.38. The zero-order chi connectivity index (χ0) is 7.40. The Balaban J connectivity index is 2.50. The van der Waals surface area contributed by atoms with E-state index in [9.17, 15) is 0 Å². The molecule has 0 aliphatic rings. The lowest BCUT2D eigenvalue weighted by molar-refractivity contribution is 0.257. The van der Waals surface area contributed by atoms with Crippen molar-refractivity contribution in [3.63, 3.8) is 0 Å². The Morgan fingerprint density at radius 1 is 1.70 bits per heavy atom. The van der Waals surface area contributed by atoms with Gasteiger partial charge in [0.05, 0.1) is 6.04 Å². The number of hydrogen-bond acceptors (Lipinski definition) is 3. The first-order valence-corrected chi connectivity index (χ1v) is 3.29. The van der Waals surface area contributed by atoms with Gasteiger partial charge in [-0.3, -0.25) is 4.68 Å². The molecule has 0 saturated carbocycles. The third-order valence-corrected chi connectivity index (χ3v) is 1.44. The van der Waals surface area contributed by atoms with Crippen molar-refractivity contribution < 1.29 is 5.11 Å². The van der Waals surface area contributed by atoms with Gasteiger partial charge in [0.25, 0.3) is 0 Å². The van der Waals surface area contributed by atoms with Crippen molar-refractivity contribution in [2.75, 3.05) is 6.61 Å². The molecule has 0 amide bonds. The standard InChI is InChI=1S/C6H11N3O/c1-6(2-3-10)9-5-7-4-8-9/h4-6,10H,2-3H2,1H3/t6-/m0/s1. The molecule has 0 bridgehead atoms. The maximum absolute atomic E-state index is 8.57.